The van der Waals surface area contributed by atoms with Crippen molar-refractivity contribution in [1.82, 2.24) is 9.97 Å². The second kappa shape index (κ2) is 4.91. The van der Waals surface area contributed by atoms with E-state index in [9.17, 15) is 0 Å². The molecule has 0 saturated carbocycles. The molecular weight excluding hydrogens is 226 g/mol. The van der Waals surface area contributed by atoms with Crippen LogP contribution >= 0.6 is 0 Å². The molecule has 0 unspecified atom stereocenters. The highest BCUT2D eigenvalue weighted by atomic mass is 15.2. The summed E-state index contributed by atoms with van der Waals surface area (Å²) in [6.07, 6.45) is 0. The van der Waals surface area contributed by atoms with Gasteiger partial charge in [-0.15, -0.1) is 0 Å². The quantitative estimate of drug-likeness (QED) is 0.809. The molecule has 3 N–H and O–H groups in total. The van der Waals surface area contributed by atoms with Gasteiger partial charge in [0, 0.05) is 31.5 Å². The van der Waals surface area contributed by atoms with Gasteiger partial charge in [0.15, 0.2) is 0 Å². The van der Waals surface area contributed by atoms with Crippen molar-refractivity contribution in [2.45, 2.75) is 6.92 Å². The Kier molecular flexibility index (Phi) is 3.32. The first-order chi connectivity index (χ1) is 8.60. The summed E-state index contributed by atoms with van der Waals surface area (Å²) in [6, 6.07) is 9.59. The zero-order chi connectivity index (χ0) is 13.1. The molecule has 0 aliphatic rings. The molecule has 1 heterocycles. The average Bonchev–Trinajstić information content (AvgIpc) is 2.37. The number of nitrogens with one attached hydrogen (secondary N) is 1. The Bertz CT molecular complexity index is 553. The molecule has 0 aliphatic heterocycles. The molecule has 2 rings (SSSR count). The van der Waals surface area contributed by atoms with Gasteiger partial charge in [-0.25, -0.2) is 9.97 Å². The third kappa shape index (κ3) is 2.51. The highest BCUT2D eigenvalue weighted by Gasteiger charge is 2.08. The minimum atomic E-state index is 0.729. The molecule has 0 fully saturated rings. The summed E-state index contributed by atoms with van der Waals surface area (Å²) < 4.78 is 0. The third-order valence-electron chi connectivity index (χ3n) is 2.68. The maximum Gasteiger partial charge on any atom is 0.138 e. The molecule has 0 bridgehead atoms. The molecule has 0 spiro atoms. The number of nitrogens with two attached hydrogens (primary N) is 1. The number of anilines is 4. The van der Waals surface area contributed by atoms with Gasteiger partial charge in [-0.2, -0.15) is 0 Å². The summed E-state index contributed by atoms with van der Waals surface area (Å²) in [7, 11) is 3.79. The van der Waals surface area contributed by atoms with Crippen molar-refractivity contribution in [1.29, 1.82) is 0 Å². The lowest BCUT2D eigenvalue weighted by atomic mass is 10.2. The Morgan fingerprint density at radius 3 is 2.67 bits per heavy atom. The van der Waals surface area contributed by atoms with Crippen molar-refractivity contribution in [3.05, 3.63) is 36.2 Å². The molecule has 18 heavy (non-hydrogen) atoms. The Labute approximate surface area is 107 Å². The predicted molar refractivity (Wildman–Crippen MR) is 75.2 cm³/mol. The number of hydrogen-bond donors (Lipinski definition) is 2. The summed E-state index contributed by atoms with van der Waals surface area (Å²) in [5.41, 5.74) is 7.52. The minimum Gasteiger partial charge on any atom is -0.399 e. The number of aryl methyl sites for hydroxylation is 1. The summed E-state index contributed by atoms with van der Waals surface area (Å²) in [4.78, 5) is 10.7. The molecule has 0 aliphatic carbocycles. The zero-order valence-corrected chi connectivity index (χ0v) is 10.8. The summed E-state index contributed by atoms with van der Waals surface area (Å²) in [5.74, 6) is 2.36. The number of rotatable bonds is 3. The first kappa shape index (κ1) is 12.2. The molecule has 0 saturated heterocycles. The monoisotopic (exact) mass is 243 g/mol. The van der Waals surface area contributed by atoms with Crippen LogP contribution in [0.3, 0.4) is 0 Å². The van der Waals surface area contributed by atoms with E-state index < -0.39 is 0 Å². The fraction of sp³-hybridized carbons (Fsp3) is 0.231. The topological polar surface area (TPSA) is 67.1 Å². The Morgan fingerprint density at radius 2 is 2.00 bits per heavy atom. The first-order valence-corrected chi connectivity index (χ1v) is 5.73. The van der Waals surface area contributed by atoms with E-state index in [2.05, 4.69) is 15.3 Å². The van der Waals surface area contributed by atoms with Crippen LogP contribution in [0.2, 0.25) is 0 Å². The zero-order valence-electron chi connectivity index (χ0n) is 10.8. The van der Waals surface area contributed by atoms with E-state index in [1.807, 2.05) is 56.3 Å². The standard InChI is InChI=1S/C13H17N5/c1-9-16-12(15-2)8-13(17-9)18(3)11-6-4-5-10(14)7-11/h4-8H,14H2,1-3H3,(H,15,16,17). The van der Waals surface area contributed by atoms with E-state index in [-0.39, 0.29) is 0 Å². The highest BCUT2D eigenvalue weighted by Crippen LogP contribution is 2.24. The minimum absolute atomic E-state index is 0.729. The van der Waals surface area contributed by atoms with Crippen LogP contribution in [0.4, 0.5) is 23.0 Å². The van der Waals surface area contributed by atoms with E-state index >= 15 is 0 Å². The lowest BCUT2D eigenvalue weighted by Gasteiger charge is -2.19. The second-order valence-electron chi connectivity index (χ2n) is 4.06. The van der Waals surface area contributed by atoms with Crippen LogP contribution in [-0.4, -0.2) is 24.1 Å². The van der Waals surface area contributed by atoms with Crippen molar-refractivity contribution in [3.8, 4) is 0 Å². The van der Waals surface area contributed by atoms with Gasteiger partial charge in [0.2, 0.25) is 0 Å². The molecule has 0 amide bonds. The van der Waals surface area contributed by atoms with E-state index in [4.69, 9.17) is 5.73 Å². The number of nitrogens with zero attached hydrogens (tertiary/aromatic N) is 3. The van der Waals surface area contributed by atoms with Crippen molar-refractivity contribution in [2.75, 3.05) is 30.0 Å². The fourth-order valence-corrected chi connectivity index (χ4v) is 1.72. The molecule has 1 aromatic carbocycles. The summed E-state index contributed by atoms with van der Waals surface area (Å²) >= 11 is 0. The fourth-order valence-electron chi connectivity index (χ4n) is 1.72. The normalized spacial score (nSPS) is 10.2. The van der Waals surface area contributed by atoms with E-state index in [1.54, 1.807) is 0 Å². The van der Waals surface area contributed by atoms with E-state index in [1.165, 1.54) is 0 Å². The van der Waals surface area contributed by atoms with Crippen LogP contribution in [0, 0.1) is 6.92 Å². The molecule has 94 valence electrons. The number of hydrogen-bond acceptors (Lipinski definition) is 5. The van der Waals surface area contributed by atoms with Crippen LogP contribution in [0.5, 0.6) is 0 Å². The molecule has 5 nitrogen and oxygen atoms in total. The Hall–Kier alpha value is -2.30. The van der Waals surface area contributed by atoms with Gasteiger partial charge < -0.3 is 16.0 Å². The van der Waals surface area contributed by atoms with Crippen LogP contribution in [0.15, 0.2) is 30.3 Å². The largest absolute Gasteiger partial charge is 0.399 e. The molecule has 0 atom stereocenters. The lowest BCUT2D eigenvalue weighted by molar-refractivity contribution is 1.01. The number of nitrogen functional groups attached to an aromatic ring is 1. The van der Waals surface area contributed by atoms with Crippen molar-refractivity contribution >= 4 is 23.0 Å². The van der Waals surface area contributed by atoms with Crippen LogP contribution in [0.25, 0.3) is 0 Å². The Balaban J connectivity index is 2.39. The van der Waals surface area contributed by atoms with Gasteiger partial charge in [0.25, 0.3) is 0 Å². The number of benzene rings is 1. The molecule has 5 heteroatoms. The van der Waals surface area contributed by atoms with Crippen LogP contribution < -0.4 is 16.0 Å². The Morgan fingerprint density at radius 1 is 1.22 bits per heavy atom. The average molecular weight is 243 g/mol. The number of aromatic nitrogens is 2. The van der Waals surface area contributed by atoms with E-state index in [0.29, 0.717) is 0 Å². The molecule has 0 radical (unpaired) electrons. The summed E-state index contributed by atoms with van der Waals surface area (Å²) in [5, 5.41) is 3.02. The SMILES string of the molecule is CNc1cc(N(C)c2cccc(N)c2)nc(C)n1. The second-order valence-corrected chi connectivity index (χ2v) is 4.06. The van der Waals surface area contributed by atoms with Gasteiger partial charge in [0.05, 0.1) is 0 Å². The van der Waals surface area contributed by atoms with Crippen molar-refractivity contribution in [2.24, 2.45) is 0 Å². The van der Waals surface area contributed by atoms with E-state index in [0.717, 1.165) is 28.8 Å². The maximum atomic E-state index is 5.79. The van der Waals surface area contributed by atoms with Crippen molar-refractivity contribution < 1.29 is 0 Å². The van der Waals surface area contributed by atoms with Gasteiger partial charge in [-0.05, 0) is 25.1 Å². The van der Waals surface area contributed by atoms with Gasteiger partial charge in [0.1, 0.15) is 17.5 Å². The van der Waals surface area contributed by atoms with Gasteiger partial charge in [-0.1, -0.05) is 6.07 Å². The smallest absolute Gasteiger partial charge is 0.138 e. The lowest BCUT2D eigenvalue weighted by Crippen LogP contribution is -2.13. The van der Waals surface area contributed by atoms with Crippen LogP contribution in [-0.2, 0) is 0 Å². The molecule has 2 aromatic rings. The first-order valence-electron chi connectivity index (χ1n) is 5.73. The summed E-state index contributed by atoms with van der Waals surface area (Å²) in [6.45, 7) is 1.87. The van der Waals surface area contributed by atoms with Gasteiger partial charge in [-0.3, -0.25) is 0 Å². The van der Waals surface area contributed by atoms with Crippen molar-refractivity contribution in [3.63, 3.8) is 0 Å². The molecule has 1 aromatic heterocycles. The predicted octanol–water partition coefficient (Wildman–Crippen LogP) is 2.18. The third-order valence-corrected chi connectivity index (χ3v) is 2.68. The van der Waals surface area contributed by atoms with Gasteiger partial charge >= 0.3 is 0 Å². The maximum absolute atomic E-state index is 5.79. The van der Waals surface area contributed by atoms with Crippen LogP contribution in [0.1, 0.15) is 5.82 Å². The molecular formula is C13H17N5. The highest BCUT2D eigenvalue weighted by molar-refractivity contribution is 5.65.